The summed E-state index contributed by atoms with van der Waals surface area (Å²) in [5.41, 5.74) is 3.96. The van der Waals surface area contributed by atoms with Crippen LogP contribution in [0.3, 0.4) is 0 Å². The van der Waals surface area contributed by atoms with E-state index >= 15 is 0 Å². The molecule has 2 heterocycles. The van der Waals surface area contributed by atoms with Gasteiger partial charge in [-0.3, -0.25) is 15.4 Å². The van der Waals surface area contributed by atoms with E-state index in [1.807, 2.05) is 6.21 Å². The molecular formula is C8H12N4. The van der Waals surface area contributed by atoms with Crippen LogP contribution in [0.15, 0.2) is 15.1 Å². The van der Waals surface area contributed by atoms with Crippen LogP contribution in [-0.2, 0) is 0 Å². The van der Waals surface area contributed by atoms with Gasteiger partial charge in [0.2, 0.25) is 0 Å². The molecule has 0 amide bonds. The Morgan fingerprint density at radius 2 is 2.33 bits per heavy atom. The molecule has 0 fully saturated rings. The Bertz CT molecular complexity index is 264. The Labute approximate surface area is 71.5 Å². The van der Waals surface area contributed by atoms with Crippen LogP contribution in [0.4, 0.5) is 0 Å². The van der Waals surface area contributed by atoms with Crippen molar-refractivity contribution in [3.05, 3.63) is 0 Å². The minimum Gasteiger partial charge on any atom is -0.284 e. The molecule has 2 rings (SSSR count). The zero-order valence-electron chi connectivity index (χ0n) is 7.23. The van der Waals surface area contributed by atoms with Gasteiger partial charge >= 0.3 is 0 Å². The van der Waals surface area contributed by atoms with Crippen LogP contribution in [0.5, 0.6) is 0 Å². The largest absolute Gasteiger partial charge is 0.284 e. The van der Waals surface area contributed by atoms with Crippen molar-refractivity contribution in [2.75, 3.05) is 0 Å². The molecular weight excluding hydrogens is 152 g/mol. The Hall–Kier alpha value is -1.19. The average molecular weight is 164 g/mol. The second-order valence-electron chi connectivity index (χ2n) is 3.33. The van der Waals surface area contributed by atoms with Crippen molar-refractivity contribution in [2.45, 2.75) is 26.1 Å². The summed E-state index contributed by atoms with van der Waals surface area (Å²) in [7, 11) is 0. The first kappa shape index (κ1) is 7.46. The number of nitrogens with zero attached hydrogens (tertiary/aromatic N) is 3. The van der Waals surface area contributed by atoms with E-state index in [4.69, 9.17) is 0 Å². The predicted molar refractivity (Wildman–Crippen MR) is 50.0 cm³/mol. The Morgan fingerprint density at radius 3 is 3.08 bits per heavy atom. The predicted octanol–water partition coefficient (Wildman–Crippen LogP) is 0.452. The van der Waals surface area contributed by atoms with Gasteiger partial charge in [-0.25, -0.2) is 0 Å². The number of rotatable bonds is 1. The van der Waals surface area contributed by atoms with Crippen LogP contribution in [0, 0.1) is 5.92 Å². The Kier molecular flexibility index (Phi) is 1.67. The number of fused-ring (bicyclic) bond motifs is 1. The number of nitrogens with one attached hydrogen (secondary N) is 1. The van der Waals surface area contributed by atoms with E-state index in [0.29, 0.717) is 5.92 Å². The molecule has 0 radical (unpaired) electrons. The lowest BCUT2D eigenvalue weighted by Gasteiger charge is -2.17. The maximum atomic E-state index is 4.47. The summed E-state index contributed by atoms with van der Waals surface area (Å²) < 4.78 is 0. The molecule has 1 unspecified atom stereocenters. The van der Waals surface area contributed by atoms with E-state index in [2.05, 4.69) is 34.4 Å². The summed E-state index contributed by atoms with van der Waals surface area (Å²) in [6, 6.07) is 0.118. The molecule has 2 atom stereocenters. The van der Waals surface area contributed by atoms with E-state index in [1.165, 1.54) is 0 Å². The normalized spacial score (nSPS) is 31.8. The van der Waals surface area contributed by atoms with Gasteiger partial charge in [0, 0.05) is 6.21 Å². The van der Waals surface area contributed by atoms with Crippen molar-refractivity contribution >= 4 is 18.1 Å². The monoisotopic (exact) mass is 164 g/mol. The molecule has 2 aliphatic rings. The summed E-state index contributed by atoms with van der Waals surface area (Å²) in [5, 5.41) is 3.93. The van der Waals surface area contributed by atoms with Crippen molar-refractivity contribution in [3.63, 3.8) is 0 Å². The van der Waals surface area contributed by atoms with Crippen molar-refractivity contribution in [1.29, 1.82) is 0 Å². The highest BCUT2D eigenvalue weighted by Crippen LogP contribution is 2.11. The van der Waals surface area contributed by atoms with E-state index in [1.54, 1.807) is 6.21 Å². The van der Waals surface area contributed by atoms with E-state index in [0.717, 1.165) is 5.71 Å². The van der Waals surface area contributed by atoms with Crippen LogP contribution in [-0.4, -0.2) is 30.3 Å². The molecule has 0 spiro atoms. The quantitative estimate of drug-likeness (QED) is 0.601. The molecule has 2 aliphatic heterocycles. The third-order valence-corrected chi connectivity index (χ3v) is 2.02. The van der Waals surface area contributed by atoms with Crippen LogP contribution in [0.25, 0.3) is 0 Å². The van der Waals surface area contributed by atoms with Crippen molar-refractivity contribution in [1.82, 2.24) is 5.43 Å². The first-order valence-electron chi connectivity index (χ1n) is 4.17. The summed E-state index contributed by atoms with van der Waals surface area (Å²) >= 11 is 0. The first-order chi connectivity index (χ1) is 5.77. The van der Waals surface area contributed by atoms with Gasteiger partial charge in [-0.1, -0.05) is 13.8 Å². The lowest BCUT2D eigenvalue weighted by molar-refractivity contribution is 0.558. The zero-order valence-corrected chi connectivity index (χ0v) is 7.23. The maximum absolute atomic E-state index is 4.47. The molecule has 4 nitrogen and oxygen atoms in total. The van der Waals surface area contributed by atoms with Crippen molar-refractivity contribution in [3.8, 4) is 0 Å². The lowest BCUT2D eigenvalue weighted by Crippen LogP contribution is -2.34. The van der Waals surface area contributed by atoms with Gasteiger partial charge in [-0.15, -0.1) is 0 Å². The summed E-state index contributed by atoms with van der Waals surface area (Å²) in [6.07, 6.45) is 3.69. The van der Waals surface area contributed by atoms with Crippen molar-refractivity contribution in [2.24, 2.45) is 21.0 Å². The van der Waals surface area contributed by atoms with Gasteiger partial charge in [0.25, 0.3) is 0 Å². The third kappa shape index (κ3) is 1.13. The highest BCUT2D eigenvalue weighted by Gasteiger charge is 2.25. The van der Waals surface area contributed by atoms with Crippen LogP contribution >= 0.6 is 0 Å². The summed E-state index contributed by atoms with van der Waals surface area (Å²) in [6.45, 7) is 4.22. The number of hydrogen-bond acceptors (Lipinski definition) is 4. The fraction of sp³-hybridized carbons (Fsp3) is 0.625. The van der Waals surface area contributed by atoms with Gasteiger partial charge in [0.15, 0.2) is 6.17 Å². The third-order valence-electron chi connectivity index (χ3n) is 2.02. The molecule has 4 heteroatoms. The van der Waals surface area contributed by atoms with Crippen molar-refractivity contribution < 1.29 is 0 Å². The van der Waals surface area contributed by atoms with Gasteiger partial charge in [-0.2, -0.15) is 5.10 Å². The number of hydrogen-bond donors (Lipinski definition) is 1. The second kappa shape index (κ2) is 2.69. The second-order valence-corrected chi connectivity index (χ2v) is 3.33. The van der Waals surface area contributed by atoms with E-state index in [-0.39, 0.29) is 12.2 Å². The number of aliphatic imine (C=N–C) groups is 2. The topological polar surface area (TPSA) is 49.1 Å². The van der Waals surface area contributed by atoms with Gasteiger partial charge < -0.3 is 0 Å². The zero-order chi connectivity index (χ0) is 8.55. The fourth-order valence-corrected chi connectivity index (χ4v) is 1.23. The Balaban J connectivity index is 2.18. The molecule has 0 saturated heterocycles. The smallest absolute Gasteiger partial charge is 0.161 e. The summed E-state index contributed by atoms with van der Waals surface area (Å²) in [4.78, 5) is 8.80. The van der Waals surface area contributed by atoms with E-state index in [9.17, 15) is 0 Å². The highest BCUT2D eigenvalue weighted by molar-refractivity contribution is 6.32. The minimum absolute atomic E-state index is 0.0485. The average Bonchev–Trinajstić information content (AvgIpc) is 2.49. The van der Waals surface area contributed by atoms with Crippen LogP contribution in [0.2, 0.25) is 0 Å². The molecule has 1 N–H and O–H groups in total. The Morgan fingerprint density at radius 1 is 1.50 bits per heavy atom. The molecule has 0 aromatic rings. The van der Waals surface area contributed by atoms with Crippen LogP contribution < -0.4 is 5.43 Å². The fourth-order valence-electron chi connectivity index (χ4n) is 1.23. The highest BCUT2D eigenvalue weighted by atomic mass is 15.4. The number of hydrazone groups is 1. The molecule has 0 saturated carbocycles. The van der Waals surface area contributed by atoms with Crippen LogP contribution in [0.1, 0.15) is 13.8 Å². The van der Waals surface area contributed by atoms with Gasteiger partial charge in [0.1, 0.15) is 6.04 Å². The SMILES string of the molecule is CC(C)C1=N[C@@H]2NN=CC2N=C1. The van der Waals surface area contributed by atoms with E-state index < -0.39 is 0 Å². The first-order valence-corrected chi connectivity index (χ1v) is 4.17. The lowest BCUT2D eigenvalue weighted by atomic mass is 10.1. The molecule has 0 aliphatic carbocycles. The molecule has 0 aromatic carbocycles. The molecule has 12 heavy (non-hydrogen) atoms. The summed E-state index contributed by atoms with van der Waals surface area (Å²) in [5.74, 6) is 0.442. The maximum Gasteiger partial charge on any atom is 0.161 e. The standard InChI is InChI=1S/C8H12N4/c1-5(2)6-3-9-7-4-10-12-8(7)11-6/h3-5,7-8,12H,1-2H3/t7?,8-/m1/s1. The molecule has 0 bridgehead atoms. The van der Waals surface area contributed by atoms with Gasteiger partial charge in [-0.05, 0) is 5.92 Å². The van der Waals surface area contributed by atoms with Gasteiger partial charge in [0.05, 0.1) is 11.9 Å². The molecule has 0 aromatic heterocycles. The molecule has 64 valence electrons. The minimum atomic E-state index is 0.0485.